The summed E-state index contributed by atoms with van der Waals surface area (Å²) in [6.45, 7) is 9.46. The number of hydrogen-bond donors (Lipinski definition) is 2. The van der Waals surface area contributed by atoms with Crippen molar-refractivity contribution in [3.8, 4) is 5.75 Å². The molecule has 2 heterocycles. The number of halogens is 2. The first kappa shape index (κ1) is 37.6. The standard InChI is InChI=1S/C36H41ClFN7O3.H2S/c1-7-20(4)41-33-25(9-3)32-30(18-27(33)26-17-23(48-47)15-21-11-12-28(38)24(8-2)31(21)26)42-36(37)43-34(32)45-14-10-13-40-22(19-45)16-29(39)35(46)44(5)6;/h9,11-12,15-18,20,47H,7-8,10,13-14,19,39H2,1-6H3;1H2/b25-9-,29-16-,41-33?;. The molecule has 1 aromatic heterocycles. The Hall–Kier alpha value is -4.26. The number of carbonyl (C=O) groups excluding carboxylic acids is 1. The Kier molecular flexibility index (Phi) is 12.2. The largest absolute Gasteiger partial charge is 0.394 e. The molecule has 1 atom stereocenters. The van der Waals surface area contributed by atoms with Crippen LogP contribution in [0.1, 0.15) is 62.9 Å². The Morgan fingerprint density at radius 3 is 2.67 bits per heavy atom. The number of nitrogens with two attached hydrogens (primary N) is 1. The normalized spacial score (nSPS) is 17.2. The predicted molar refractivity (Wildman–Crippen MR) is 203 cm³/mol. The lowest BCUT2D eigenvalue weighted by molar-refractivity contribution is -0.137. The van der Waals surface area contributed by atoms with Crippen molar-refractivity contribution in [2.75, 3.05) is 38.6 Å². The summed E-state index contributed by atoms with van der Waals surface area (Å²) in [5.41, 5.74) is 11.5. The highest BCUT2D eigenvalue weighted by molar-refractivity contribution is 7.59. The van der Waals surface area contributed by atoms with Crippen LogP contribution in [0.3, 0.4) is 0 Å². The highest BCUT2D eigenvalue weighted by Gasteiger charge is 2.32. The number of hydrogen-bond acceptors (Lipinski definition) is 9. The van der Waals surface area contributed by atoms with E-state index in [-0.39, 0.29) is 48.0 Å². The van der Waals surface area contributed by atoms with Crippen molar-refractivity contribution in [3.63, 3.8) is 0 Å². The number of amides is 1. The Morgan fingerprint density at radius 2 is 2.02 bits per heavy atom. The van der Waals surface area contributed by atoms with Gasteiger partial charge in [-0.1, -0.05) is 26.0 Å². The minimum atomic E-state index is -0.319. The summed E-state index contributed by atoms with van der Waals surface area (Å²) in [7, 11) is 3.29. The molecule has 0 saturated carbocycles. The van der Waals surface area contributed by atoms with E-state index in [0.29, 0.717) is 76.5 Å². The van der Waals surface area contributed by atoms with Crippen LogP contribution in [0.25, 0.3) is 28.0 Å². The smallest absolute Gasteiger partial charge is 0.269 e. The zero-order valence-electron chi connectivity index (χ0n) is 28.6. The van der Waals surface area contributed by atoms with Gasteiger partial charge in [0.15, 0.2) is 5.75 Å². The summed E-state index contributed by atoms with van der Waals surface area (Å²) < 4.78 is 15.3. The molecule has 2 aromatic carbocycles. The van der Waals surface area contributed by atoms with Gasteiger partial charge in [0.05, 0.1) is 34.9 Å². The predicted octanol–water partition coefficient (Wildman–Crippen LogP) is 6.73. The van der Waals surface area contributed by atoms with Crippen LogP contribution in [0, 0.1) is 5.82 Å². The minimum absolute atomic E-state index is 0. The number of likely N-dealkylation sites (N-methyl/N-ethyl adjacent to an activating group) is 1. The number of aryl methyl sites for hydroxylation is 1. The number of rotatable bonds is 8. The van der Waals surface area contributed by atoms with E-state index in [1.54, 1.807) is 38.4 Å². The highest BCUT2D eigenvalue weighted by atomic mass is 35.5. The summed E-state index contributed by atoms with van der Waals surface area (Å²) >= 11 is 6.64. The molecule has 1 aliphatic heterocycles. The van der Waals surface area contributed by atoms with Crippen molar-refractivity contribution in [1.82, 2.24) is 14.9 Å². The molecular formula is C36H43ClFN7O3S. The summed E-state index contributed by atoms with van der Waals surface area (Å²) in [5.74, 6) is 0.190. The van der Waals surface area contributed by atoms with Gasteiger partial charge in [0.2, 0.25) is 5.28 Å². The monoisotopic (exact) mass is 707 g/mol. The first-order valence-corrected chi connectivity index (χ1v) is 16.5. The van der Waals surface area contributed by atoms with Gasteiger partial charge in [0.25, 0.3) is 5.91 Å². The molecule has 0 fully saturated rings. The van der Waals surface area contributed by atoms with Crippen molar-refractivity contribution in [2.24, 2.45) is 15.7 Å². The van der Waals surface area contributed by atoms with Crippen LogP contribution in [0.5, 0.6) is 5.75 Å². The van der Waals surface area contributed by atoms with Gasteiger partial charge >= 0.3 is 0 Å². The van der Waals surface area contributed by atoms with E-state index in [2.05, 4.69) is 16.8 Å². The Balaban J connectivity index is 0.00000541. The molecule has 0 radical (unpaired) electrons. The molecule has 1 unspecified atom stereocenters. The lowest BCUT2D eigenvalue weighted by Gasteiger charge is -2.30. The molecule has 10 nitrogen and oxygen atoms in total. The van der Waals surface area contributed by atoms with Gasteiger partial charge in [0, 0.05) is 44.4 Å². The van der Waals surface area contributed by atoms with E-state index < -0.39 is 0 Å². The Bertz CT molecular complexity index is 1920. The summed E-state index contributed by atoms with van der Waals surface area (Å²) in [4.78, 5) is 40.1. The van der Waals surface area contributed by atoms with Gasteiger partial charge in [-0.25, -0.2) is 14.6 Å². The van der Waals surface area contributed by atoms with Crippen molar-refractivity contribution in [1.29, 1.82) is 0 Å². The van der Waals surface area contributed by atoms with Gasteiger partial charge in [-0.3, -0.25) is 14.8 Å². The molecule has 13 heteroatoms. The molecule has 3 aromatic rings. The van der Waals surface area contributed by atoms with E-state index in [0.717, 1.165) is 24.0 Å². The van der Waals surface area contributed by atoms with Crippen LogP contribution < -0.4 is 15.5 Å². The van der Waals surface area contributed by atoms with Crippen molar-refractivity contribution in [2.45, 2.75) is 53.0 Å². The lowest BCUT2D eigenvalue weighted by Crippen LogP contribution is -2.33. The number of aliphatic imine (C=N–C) groups is 2. The number of anilines is 1. The van der Waals surface area contributed by atoms with Crippen molar-refractivity contribution in [3.05, 3.63) is 75.6 Å². The topological polar surface area (TPSA) is 130 Å². The number of aromatic nitrogens is 2. The minimum Gasteiger partial charge on any atom is -0.394 e. The van der Waals surface area contributed by atoms with Crippen LogP contribution in [-0.2, 0) is 11.2 Å². The van der Waals surface area contributed by atoms with Gasteiger partial charge < -0.3 is 20.4 Å². The van der Waals surface area contributed by atoms with E-state index >= 15 is 4.39 Å². The summed E-state index contributed by atoms with van der Waals surface area (Å²) in [6.07, 6.45) is 7.47. The number of benzene rings is 2. The molecule has 3 N–H and O–H groups in total. The maximum absolute atomic E-state index is 15.3. The number of nitrogens with zero attached hydrogens (tertiary/aromatic N) is 6. The average molecular weight is 708 g/mol. The maximum atomic E-state index is 15.3. The first-order chi connectivity index (χ1) is 23.0. The fraction of sp³-hybridized carbons (Fsp3) is 0.361. The fourth-order valence-corrected chi connectivity index (χ4v) is 6.29. The third kappa shape index (κ3) is 7.66. The van der Waals surface area contributed by atoms with Crippen molar-refractivity contribution >= 4 is 76.2 Å². The van der Waals surface area contributed by atoms with Gasteiger partial charge in [-0.05, 0) is 97.0 Å². The molecule has 260 valence electrons. The second-order valence-electron chi connectivity index (χ2n) is 12.1. The Morgan fingerprint density at radius 1 is 1.27 bits per heavy atom. The second kappa shape index (κ2) is 16.0. The van der Waals surface area contributed by atoms with E-state index in [1.165, 1.54) is 11.0 Å². The number of carbonyl (C=O) groups is 1. The zero-order chi connectivity index (χ0) is 34.7. The molecule has 0 spiro atoms. The molecule has 1 amide bonds. The highest BCUT2D eigenvalue weighted by Crippen LogP contribution is 2.44. The van der Waals surface area contributed by atoms with Crippen LogP contribution >= 0.6 is 25.1 Å². The first-order valence-electron chi connectivity index (χ1n) is 16.1. The van der Waals surface area contributed by atoms with Gasteiger partial charge in [0.1, 0.15) is 11.6 Å². The molecular weight excluding hydrogens is 665 g/mol. The summed E-state index contributed by atoms with van der Waals surface area (Å²) in [6, 6.07) is 6.43. The molecule has 49 heavy (non-hydrogen) atoms. The third-order valence-electron chi connectivity index (χ3n) is 8.60. The van der Waals surface area contributed by atoms with E-state index in [9.17, 15) is 10.1 Å². The van der Waals surface area contributed by atoms with Gasteiger partial charge in [-0.2, -0.15) is 18.5 Å². The van der Waals surface area contributed by atoms with Crippen LogP contribution in [0.4, 0.5) is 10.2 Å². The van der Waals surface area contributed by atoms with Crippen LogP contribution in [0.2, 0.25) is 5.28 Å². The number of fused-ring (bicyclic) bond motifs is 2. The van der Waals surface area contributed by atoms with Crippen molar-refractivity contribution < 1.29 is 19.3 Å². The van der Waals surface area contributed by atoms with E-state index in [4.69, 9.17) is 37.2 Å². The van der Waals surface area contributed by atoms with Crippen LogP contribution in [0.15, 0.2) is 52.1 Å². The quantitative estimate of drug-likeness (QED) is 0.115. The average Bonchev–Trinajstić information content (AvgIpc) is 3.32. The van der Waals surface area contributed by atoms with Crippen LogP contribution in [-0.4, -0.2) is 77.2 Å². The third-order valence-corrected chi connectivity index (χ3v) is 8.77. The number of allylic oxidation sites excluding steroid dienone is 3. The zero-order valence-corrected chi connectivity index (χ0v) is 30.4. The molecule has 5 rings (SSSR count). The molecule has 0 bridgehead atoms. The molecule has 1 aliphatic carbocycles. The summed E-state index contributed by atoms with van der Waals surface area (Å²) in [5, 5.41) is 11.2. The maximum Gasteiger partial charge on any atom is 0.269 e. The lowest BCUT2D eigenvalue weighted by atomic mass is 9.82. The second-order valence-corrected chi connectivity index (χ2v) is 12.4. The fourth-order valence-electron chi connectivity index (χ4n) is 6.11. The molecule has 2 aliphatic rings. The van der Waals surface area contributed by atoms with Gasteiger partial charge in [-0.15, -0.1) is 0 Å². The van der Waals surface area contributed by atoms with E-state index in [1.807, 2.05) is 32.9 Å². The SMILES string of the molecule is C/C=C1\C(=NC(C)CC)C(c2cc(OO)cc3ccc(F)c(CC)c23)=Cc2nc(Cl)nc(N3CCCN=C(/C=C(\N)C(=O)N(C)C)C3)c21.S. The molecule has 0 saturated heterocycles. The Labute approximate surface area is 298 Å².